The summed E-state index contributed by atoms with van der Waals surface area (Å²) < 4.78 is 1.83. The van der Waals surface area contributed by atoms with Crippen molar-refractivity contribution < 1.29 is 4.79 Å². The number of nitrogens with zero attached hydrogens (tertiary/aromatic N) is 1. The molecule has 0 fully saturated rings. The molecule has 5 nitrogen and oxygen atoms in total. The zero-order valence-corrected chi connectivity index (χ0v) is 17.4. The van der Waals surface area contributed by atoms with Crippen LogP contribution in [0.15, 0.2) is 57.6 Å². The summed E-state index contributed by atoms with van der Waals surface area (Å²) in [7, 11) is 0. The minimum absolute atomic E-state index is 0.159. The summed E-state index contributed by atoms with van der Waals surface area (Å²) in [4.78, 5) is 20.8. The molecule has 0 saturated heterocycles. The van der Waals surface area contributed by atoms with Crippen molar-refractivity contribution in [1.82, 2.24) is 15.3 Å². The number of amides is 1. The van der Waals surface area contributed by atoms with Crippen LogP contribution in [0.3, 0.4) is 0 Å². The first-order chi connectivity index (χ1) is 13.1. The van der Waals surface area contributed by atoms with Gasteiger partial charge in [0.25, 0.3) is 5.91 Å². The van der Waals surface area contributed by atoms with Gasteiger partial charge in [0.2, 0.25) is 0 Å². The summed E-state index contributed by atoms with van der Waals surface area (Å²) in [5, 5.41) is 4.69. The number of H-pyrrole nitrogens is 1. The molecule has 0 aliphatic rings. The second kappa shape index (κ2) is 7.42. The van der Waals surface area contributed by atoms with Gasteiger partial charge in [0.15, 0.2) is 0 Å². The van der Waals surface area contributed by atoms with Gasteiger partial charge in [-0.3, -0.25) is 4.79 Å². The maximum Gasteiger partial charge on any atom is 0.252 e. The molecule has 2 heterocycles. The third kappa shape index (κ3) is 3.38. The van der Waals surface area contributed by atoms with E-state index in [1.807, 2.05) is 48.7 Å². The second-order valence-corrected chi connectivity index (χ2v) is 7.90. The molecule has 4 N–H and O–H groups in total. The number of hydrogen-bond donors (Lipinski definition) is 3. The van der Waals surface area contributed by atoms with Gasteiger partial charge in [-0.15, -0.1) is 0 Å². The maximum absolute atomic E-state index is 12.7. The van der Waals surface area contributed by atoms with Crippen molar-refractivity contribution in [1.29, 1.82) is 0 Å². The zero-order valence-electron chi connectivity index (χ0n) is 14.2. The number of hydrogen-bond acceptors (Lipinski definition) is 3. The molecule has 0 aliphatic carbocycles. The topological polar surface area (TPSA) is 83.8 Å². The molecule has 7 heteroatoms. The molecular weight excluding hydrogens is 472 g/mol. The molecule has 0 unspecified atom stereocenters. The highest BCUT2D eigenvalue weighted by molar-refractivity contribution is 9.11. The lowest BCUT2D eigenvalue weighted by molar-refractivity contribution is 0.0956. The van der Waals surface area contributed by atoms with Gasteiger partial charge in [-0.2, -0.15) is 0 Å². The fourth-order valence-electron chi connectivity index (χ4n) is 3.13. The van der Waals surface area contributed by atoms with Gasteiger partial charge in [-0.05, 0) is 46.3 Å². The van der Waals surface area contributed by atoms with Crippen LogP contribution in [0.25, 0.3) is 33.1 Å². The Bertz CT molecular complexity index is 1170. The van der Waals surface area contributed by atoms with E-state index in [0.717, 1.165) is 42.0 Å². The Morgan fingerprint density at radius 2 is 2.00 bits per heavy atom. The lowest BCUT2D eigenvalue weighted by Crippen LogP contribution is -2.29. The van der Waals surface area contributed by atoms with Crippen LogP contribution in [0.2, 0.25) is 0 Å². The van der Waals surface area contributed by atoms with Crippen molar-refractivity contribution in [2.75, 3.05) is 13.1 Å². The first-order valence-corrected chi connectivity index (χ1v) is 10.0. The van der Waals surface area contributed by atoms with Crippen LogP contribution >= 0.6 is 31.9 Å². The second-order valence-electron chi connectivity index (χ2n) is 6.13. The first-order valence-electron chi connectivity index (χ1n) is 8.43. The van der Waals surface area contributed by atoms with Crippen LogP contribution in [0.4, 0.5) is 0 Å². The molecule has 0 bridgehead atoms. The summed E-state index contributed by atoms with van der Waals surface area (Å²) in [5.41, 5.74) is 9.54. The van der Waals surface area contributed by atoms with Crippen molar-refractivity contribution in [3.63, 3.8) is 0 Å². The number of pyridine rings is 1. The summed E-state index contributed by atoms with van der Waals surface area (Å²) in [6, 6.07) is 13.6. The average molecular weight is 488 g/mol. The van der Waals surface area contributed by atoms with E-state index in [1.165, 1.54) is 0 Å². The predicted octanol–water partition coefficient (Wildman–Crippen LogP) is 4.60. The third-order valence-electron chi connectivity index (χ3n) is 4.38. The van der Waals surface area contributed by atoms with Crippen LogP contribution in [-0.2, 0) is 0 Å². The predicted molar refractivity (Wildman–Crippen MR) is 116 cm³/mol. The smallest absolute Gasteiger partial charge is 0.252 e. The van der Waals surface area contributed by atoms with E-state index in [2.05, 4.69) is 42.2 Å². The van der Waals surface area contributed by atoms with Crippen LogP contribution in [-0.4, -0.2) is 29.0 Å². The average Bonchev–Trinajstić information content (AvgIpc) is 3.08. The lowest BCUT2D eigenvalue weighted by Gasteiger charge is -2.11. The van der Waals surface area contributed by atoms with Crippen LogP contribution in [0.5, 0.6) is 0 Å². The van der Waals surface area contributed by atoms with E-state index in [4.69, 9.17) is 10.7 Å². The van der Waals surface area contributed by atoms with E-state index in [-0.39, 0.29) is 5.91 Å². The molecule has 136 valence electrons. The Labute approximate surface area is 172 Å². The lowest BCUT2D eigenvalue weighted by atomic mass is 10.0. The SMILES string of the molecule is NCCNC(=O)c1cc(-c2c[nH]c3ccc(Br)cc23)nc2c(Br)cccc12. The molecule has 0 aliphatic heterocycles. The van der Waals surface area contributed by atoms with Crippen LogP contribution < -0.4 is 11.1 Å². The quantitative estimate of drug-likeness (QED) is 0.393. The fourth-order valence-corrected chi connectivity index (χ4v) is 3.94. The molecule has 0 atom stereocenters. The minimum atomic E-state index is -0.159. The number of benzene rings is 2. The van der Waals surface area contributed by atoms with Crippen LogP contribution in [0, 0.1) is 0 Å². The summed E-state index contributed by atoms with van der Waals surface area (Å²) in [6.45, 7) is 0.813. The van der Waals surface area contributed by atoms with E-state index < -0.39 is 0 Å². The highest BCUT2D eigenvalue weighted by Gasteiger charge is 2.17. The van der Waals surface area contributed by atoms with Crippen molar-refractivity contribution in [3.8, 4) is 11.3 Å². The van der Waals surface area contributed by atoms with Crippen molar-refractivity contribution >= 4 is 59.6 Å². The maximum atomic E-state index is 12.7. The third-order valence-corrected chi connectivity index (χ3v) is 5.52. The molecule has 0 spiro atoms. The summed E-state index contributed by atoms with van der Waals surface area (Å²) in [5.74, 6) is -0.159. The minimum Gasteiger partial charge on any atom is -0.360 e. The van der Waals surface area contributed by atoms with Gasteiger partial charge in [0.05, 0.1) is 16.8 Å². The molecule has 2 aromatic carbocycles. The van der Waals surface area contributed by atoms with Gasteiger partial charge in [-0.1, -0.05) is 28.1 Å². The molecule has 1 amide bonds. The largest absolute Gasteiger partial charge is 0.360 e. The summed E-state index contributed by atoms with van der Waals surface area (Å²) >= 11 is 7.09. The number of fused-ring (bicyclic) bond motifs is 2. The standard InChI is InChI=1S/C20H16Br2N4O/c21-11-4-5-17-13(8-11)15(10-25-17)18-9-14(20(27)24-7-6-23)12-2-1-3-16(22)19(12)26-18/h1-5,8-10,25H,6-7,23H2,(H,24,27). The highest BCUT2D eigenvalue weighted by atomic mass is 79.9. The molecule has 4 rings (SSSR count). The molecule has 27 heavy (non-hydrogen) atoms. The van der Waals surface area contributed by atoms with E-state index in [1.54, 1.807) is 0 Å². The normalized spacial score (nSPS) is 11.2. The number of rotatable bonds is 4. The zero-order chi connectivity index (χ0) is 19.0. The Morgan fingerprint density at radius 1 is 1.15 bits per heavy atom. The Kier molecular flexibility index (Phi) is 4.99. The number of nitrogens with two attached hydrogens (primary N) is 1. The molecule has 0 saturated carbocycles. The van der Waals surface area contributed by atoms with Crippen molar-refractivity contribution in [2.45, 2.75) is 0 Å². The van der Waals surface area contributed by atoms with Gasteiger partial charge in [-0.25, -0.2) is 4.98 Å². The Hall–Kier alpha value is -2.22. The number of aromatic amines is 1. The first kappa shape index (κ1) is 18.2. The number of nitrogens with one attached hydrogen (secondary N) is 2. The Morgan fingerprint density at radius 3 is 2.81 bits per heavy atom. The van der Waals surface area contributed by atoms with E-state index in [9.17, 15) is 4.79 Å². The highest BCUT2D eigenvalue weighted by Crippen LogP contribution is 2.33. The number of aromatic nitrogens is 2. The molecule has 4 aromatic rings. The molecular formula is C20H16Br2N4O. The van der Waals surface area contributed by atoms with Gasteiger partial charge in [0.1, 0.15) is 0 Å². The van der Waals surface area contributed by atoms with E-state index >= 15 is 0 Å². The number of carbonyl (C=O) groups excluding carboxylic acids is 1. The molecule has 2 aromatic heterocycles. The van der Waals surface area contributed by atoms with Gasteiger partial charge in [0, 0.05) is 50.1 Å². The van der Waals surface area contributed by atoms with Crippen molar-refractivity contribution in [3.05, 3.63) is 63.2 Å². The monoisotopic (exact) mass is 486 g/mol. The van der Waals surface area contributed by atoms with Crippen molar-refractivity contribution in [2.24, 2.45) is 5.73 Å². The Balaban J connectivity index is 1.96. The number of para-hydroxylation sites is 1. The number of halogens is 2. The van der Waals surface area contributed by atoms with Crippen LogP contribution in [0.1, 0.15) is 10.4 Å². The van der Waals surface area contributed by atoms with Gasteiger partial charge >= 0.3 is 0 Å². The number of carbonyl (C=O) groups is 1. The summed E-state index contributed by atoms with van der Waals surface area (Å²) in [6.07, 6.45) is 1.92. The van der Waals surface area contributed by atoms with E-state index in [0.29, 0.717) is 18.7 Å². The van der Waals surface area contributed by atoms with Gasteiger partial charge < -0.3 is 16.0 Å². The fraction of sp³-hybridized carbons (Fsp3) is 0.100. The molecule has 0 radical (unpaired) electrons.